The van der Waals surface area contributed by atoms with E-state index >= 15 is 0 Å². The summed E-state index contributed by atoms with van der Waals surface area (Å²) < 4.78 is 13.7. The second kappa shape index (κ2) is 5.38. The Bertz CT molecular complexity index is 637. The van der Waals surface area contributed by atoms with Crippen LogP contribution in [0.5, 0.6) is 0 Å². The van der Waals surface area contributed by atoms with Crippen molar-refractivity contribution in [2.24, 2.45) is 0 Å². The Kier molecular flexibility index (Phi) is 3.85. The van der Waals surface area contributed by atoms with Crippen LogP contribution in [-0.2, 0) is 0 Å². The summed E-state index contributed by atoms with van der Waals surface area (Å²) in [6, 6.07) is 11.7. The van der Waals surface area contributed by atoms with Crippen LogP contribution in [0.25, 0.3) is 0 Å². The lowest BCUT2D eigenvalue weighted by Gasteiger charge is -2.08. The molecule has 2 aromatic carbocycles. The van der Waals surface area contributed by atoms with Crippen molar-refractivity contribution >= 4 is 38.9 Å². The van der Waals surface area contributed by atoms with Gasteiger partial charge in [-0.15, -0.1) is 0 Å². The summed E-state index contributed by atoms with van der Waals surface area (Å²) in [5.74, 6) is -0.455. The van der Waals surface area contributed by atoms with Crippen LogP contribution >= 0.6 is 27.5 Å². The molecule has 0 heterocycles. The van der Waals surface area contributed by atoms with Crippen LogP contribution in [0.1, 0.15) is 5.56 Å². The van der Waals surface area contributed by atoms with Crippen LogP contribution in [-0.4, -0.2) is 0 Å². The van der Waals surface area contributed by atoms with Crippen molar-refractivity contribution < 1.29 is 4.39 Å². The first-order valence-electron chi connectivity index (χ1n) is 5.02. The summed E-state index contributed by atoms with van der Waals surface area (Å²) >= 11 is 8.99. The number of nitrogens with one attached hydrogen (secondary N) is 1. The van der Waals surface area contributed by atoms with Crippen LogP contribution in [0.4, 0.5) is 15.8 Å². The monoisotopic (exact) mass is 324 g/mol. The van der Waals surface area contributed by atoms with Crippen molar-refractivity contribution in [3.05, 3.63) is 57.3 Å². The lowest BCUT2D eigenvalue weighted by atomic mass is 10.2. The fourth-order valence-electron chi connectivity index (χ4n) is 1.42. The molecule has 0 bridgehead atoms. The second-order valence-corrected chi connectivity index (χ2v) is 4.82. The molecule has 18 heavy (non-hydrogen) atoms. The van der Waals surface area contributed by atoms with E-state index in [1.54, 1.807) is 24.3 Å². The van der Waals surface area contributed by atoms with Crippen LogP contribution in [0.3, 0.4) is 0 Å². The molecule has 0 fully saturated rings. The van der Waals surface area contributed by atoms with Crippen molar-refractivity contribution in [3.63, 3.8) is 0 Å². The zero-order chi connectivity index (χ0) is 13.1. The number of anilines is 2. The summed E-state index contributed by atoms with van der Waals surface area (Å²) in [6.45, 7) is 0. The van der Waals surface area contributed by atoms with Gasteiger partial charge in [0.05, 0.1) is 10.6 Å². The first-order chi connectivity index (χ1) is 8.60. The Hall–Kier alpha value is -1.57. The van der Waals surface area contributed by atoms with Crippen molar-refractivity contribution in [2.75, 3.05) is 5.32 Å². The quantitative estimate of drug-likeness (QED) is 0.856. The molecule has 0 amide bonds. The van der Waals surface area contributed by atoms with Gasteiger partial charge in [0.15, 0.2) is 0 Å². The van der Waals surface area contributed by atoms with E-state index in [1.807, 2.05) is 0 Å². The predicted octanol–water partition coefficient (Wildman–Crippen LogP) is 4.86. The summed E-state index contributed by atoms with van der Waals surface area (Å²) in [5.41, 5.74) is 2.01. The molecule has 0 aliphatic rings. The predicted molar refractivity (Wildman–Crippen MR) is 73.5 cm³/mol. The largest absolute Gasteiger partial charge is 0.355 e. The number of hydrogen-bond donors (Lipinski definition) is 1. The Balaban J connectivity index is 2.26. The second-order valence-electron chi connectivity index (χ2n) is 3.56. The number of nitrogens with zero attached hydrogens (tertiary/aromatic N) is 1. The van der Waals surface area contributed by atoms with Crippen LogP contribution in [0, 0.1) is 17.1 Å². The van der Waals surface area contributed by atoms with Gasteiger partial charge in [-0.05, 0) is 52.3 Å². The smallest absolute Gasteiger partial charge is 0.141 e. The van der Waals surface area contributed by atoms with E-state index in [4.69, 9.17) is 16.9 Å². The molecule has 0 radical (unpaired) electrons. The summed E-state index contributed by atoms with van der Waals surface area (Å²) in [4.78, 5) is 0. The highest BCUT2D eigenvalue weighted by Gasteiger charge is 2.03. The molecule has 0 aromatic heterocycles. The van der Waals surface area contributed by atoms with Gasteiger partial charge < -0.3 is 5.32 Å². The maximum Gasteiger partial charge on any atom is 0.141 e. The third-order valence-corrected chi connectivity index (χ3v) is 3.24. The molecular formula is C13H7BrClFN2. The number of nitriles is 1. The molecule has 2 rings (SSSR count). The van der Waals surface area contributed by atoms with Gasteiger partial charge in [-0.2, -0.15) is 5.26 Å². The molecule has 0 saturated heterocycles. The minimum absolute atomic E-state index is 0.0627. The van der Waals surface area contributed by atoms with Crippen molar-refractivity contribution in [2.45, 2.75) is 0 Å². The minimum Gasteiger partial charge on any atom is -0.355 e. The van der Waals surface area contributed by atoms with Gasteiger partial charge in [0, 0.05) is 15.8 Å². The number of benzene rings is 2. The summed E-state index contributed by atoms with van der Waals surface area (Å²) in [7, 11) is 0. The average molecular weight is 326 g/mol. The lowest BCUT2D eigenvalue weighted by Crippen LogP contribution is -1.91. The van der Waals surface area contributed by atoms with E-state index in [1.165, 1.54) is 12.1 Å². The molecule has 1 N–H and O–H groups in total. The van der Waals surface area contributed by atoms with E-state index in [0.717, 1.165) is 5.69 Å². The molecule has 0 spiro atoms. The minimum atomic E-state index is -0.455. The van der Waals surface area contributed by atoms with Crippen molar-refractivity contribution in [1.29, 1.82) is 5.26 Å². The Labute approximate surface area is 117 Å². The van der Waals surface area contributed by atoms with E-state index in [9.17, 15) is 4.39 Å². The van der Waals surface area contributed by atoms with Gasteiger partial charge in [0.2, 0.25) is 0 Å². The molecule has 0 aliphatic carbocycles. The first kappa shape index (κ1) is 12.9. The Morgan fingerprint density at radius 3 is 2.44 bits per heavy atom. The fraction of sp³-hybridized carbons (Fsp3) is 0. The molecule has 0 saturated carbocycles. The molecule has 0 unspecified atom stereocenters. The number of hydrogen-bond acceptors (Lipinski definition) is 2. The van der Waals surface area contributed by atoms with Gasteiger partial charge in [0.25, 0.3) is 0 Å². The van der Waals surface area contributed by atoms with E-state index < -0.39 is 5.82 Å². The fourth-order valence-corrected chi connectivity index (χ4v) is 2.07. The highest BCUT2D eigenvalue weighted by Crippen LogP contribution is 2.26. The summed E-state index contributed by atoms with van der Waals surface area (Å²) in [6.07, 6.45) is 0. The molecule has 0 aliphatic heterocycles. The SMILES string of the molecule is N#Cc1ccc(Nc2ccc(F)c(Cl)c2)cc1Br. The number of rotatable bonds is 2. The van der Waals surface area contributed by atoms with Gasteiger partial charge in [-0.3, -0.25) is 0 Å². The standard InChI is InChI=1S/C13H7BrClFN2/c14-11-5-9(2-1-8(11)7-17)18-10-3-4-13(16)12(15)6-10/h1-6,18H. The Morgan fingerprint density at radius 2 is 1.83 bits per heavy atom. The highest BCUT2D eigenvalue weighted by atomic mass is 79.9. The van der Waals surface area contributed by atoms with Crippen LogP contribution < -0.4 is 5.32 Å². The molecule has 90 valence electrons. The van der Waals surface area contributed by atoms with Crippen LogP contribution in [0.15, 0.2) is 40.9 Å². The zero-order valence-electron chi connectivity index (χ0n) is 9.05. The van der Waals surface area contributed by atoms with Gasteiger partial charge >= 0.3 is 0 Å². The van der Waals surface area contributed by atoms with Crippen LogP contribution in [0.2, 0.25) is 5.02 Å². The van der Waals surface area contributed by atoms with Gasteiger partial charge in [0.1, 0.15) is 11.9 Å². The van der Waals surface area contributed by atoms with E-state index in [2.05, 4.69) is 27.3 Å². The van der Waals surface area contributed by atoms with E-state index in [-0.39, 0.29) is 5.02 Å². The van der Waals surface area contributed by atoms with Gasteiger partial charge in [-0.1, -0.05) is 11.6 Å². The highest BCUT2D eigenvalue weighted by molar-refractivity contribution is 9.10. The third-order valence-electron chi connectivity index (χ3n) is 2.30. The molecule has 0 atom stereocenters. The average Bonchev–Trinajstić information content (AvgIpc) is 2.34. The van der Waals surface area contributed by atoms with Gasteiger partial charge in [-0.25, -0.2) is 4.39 Å². The maximum atomic E-state index is 13.0. The maximum absolute atomic E-state index is 13.0. The number of halogens is 3. The molecule has 5 heteroatoms. The molecule has 2 nitrogen and oxygen atoms in total. The first-order valence-corrected chi connectivity index (χ1v) is 6.19. The van der Waals surface area contributed by atoms with Crippen molar-refractivity contribution in [1.82, 2.24) is 0 Å². The third kappa shape index (κ3) is 2.81. The molecule has 2 aromatic rings. The molecular weight excluding hydrogens is 319 g/mol. The normalized spacial score (nSPS) is 9.89. The zero-order valence-corrected chi connectivity index (χ0v) is 11.4. The lowest BCUT2D eigenvalue weighted by molar-refractivity contribution is 0.628. The van der Waals surface area contributed by atoms with Crippen molar-refractivity contribution in [3.8, 4) is 6.07 Å². The van der Waals surface area contributed by atoms with E-state index in [0.29, 0.717) is 15.7 Å². The topological polar surface area (TPSA) is 35.8 Å². The Morgan fingerprint density at radius 1 is 1.17 bits per heavy atom. The summed E-state index contributed by atoms with van der Waals surface area (Å²) in [5, 5.41) is 11.9.